The first kappa shape index (κ1) is 12.1. The summed E-state index contributed by atoms with van der Waals surface area (Å²) in [5, 5.41) is 4.02. The summed E-state index contributed by atoms with van der Waals surface area (Å²) in [6.07, 6.45) is 0. The molecule has 0 spiro atoms. The molecule has 0 radical (unpaired) electrons. The molecular formula is C10H9F2IN2S. The van der Waals surface area contributed by atoms with E-state index < -0.39 is 11.6 Å². The molecule has 1 aromatic rings. The smallest absolute Gasteiger partial charge is 0.161 e. The van der Waals surface area contributed by atoms with Gasteiger partial charge in [-0.15, -0.1) is 0 Å². The highest BCUT2D eigenvalue weighted by Crippen LogP contribution is 2.25. The number of rotatable bonds is 2. The van der Waals surface area contributed by atoms with Crippen molar-refractivity contribution in [1.29, 1.82) is 0 Å². The summed E-state index contributed by atoms with van der Waals surface area (Å²) < 4.78 is 27.0. The number of halogens is 3. The molecule has 1 atom stereocenters. The highest BCUT2D eigenvalue weighted by atomic mass is 127. The average Bonchev–Trinajstić information content (AvgIpc) is 2.70. The monoisotopic (exact) mass is 354 g/mol. The summed E-state index contributed by atoms with van der Waals surface area (Å²) in [5.41, 5.74) is 0.266. The molecule has 0 fully saturated rings. The van der Waals surface area contributed by atoms with Gasteiger partial charge in [0.15, 0.2) is 5.17 Å². The predicted octanol–water partition coefficient (Wildman–Crippen LogP) is 3.28. The minimum Gasteiger partial charge on any atom is -0.333 e. The van der Waals surface area contributed by atoms with Gasteiger partial charge in [0.1, 0.15) is 11.6 Å². The normalized spacial score (nSPS) is 19.7. The molecule has 1 heterocycles. The molecule has 0 aromatic heterocycles. The van der Waals surface area contributed by atoms with Crippen molar-refractivity contribution in [3.8, 4) is 0 Å². The van der Waals surface area contributed by atoms with Crippen LogP contribution in [0.2, 0.25) is 0 Å². The van der Waals surface area contributed by atoms with Gasteiger partial charge in [-0.1, -0.05) is 34.4 Å². The van der Waals surface area contributed by atoms with E-state index in [0.717, 1.165) is 17.0 Å². The van der Waals surface area contributed by atoms with Crippen LogP contribution in [0.15, 0.2) is 23.2 Å². The van der Waals surface area contributed by atoms with E-state index in [2.05, 4.69) is 32.9 Å². The predicted molar refractivity (Wildman–Crippen MR) is 72.5 cm³/mol. The maximum Gasteiger partial charge on any atom is 0.161 e. The van der Waals surface area contributed by atoms with Crippen molar-refractivity contribution < 1.29 is 8.78 Å². The number of amidine groups is 1. The van der Waals surface area contributed by atoms with Crippen LogP contribution in [0.1, 0.15) is 0 Å². The van der Waals surface area contributed by atoms with Gasteiger partial charge < -0.3 is 5.32 Å². The Labute approximate surface area is 110 Å². The van der Waals surface area contributed by atoms with Crippen LogP contribution in [0, 0.1) is 11.6 Å². The fourth-order valence-electron chi connectivity index (χ4n) is 1.27. The number of hydrogen-bond acceptors (Lipinski definition) is 3. The van der Waals surface area contributed by atoms with Crippen molar-refractivity contribution in [3.05, 3.63) is 29.8 Å². The fraction of sp³-hybridized carbons (Fsp3) is 0.300. The second kappa shape index (κ2) is 5.31. The summed E-state index contributed by atoms with van der Waals surface area (Å²) in [6.45, 7) is 0.749. The standard InChI is InChI=1S/C10H9F2IN2S/c11-6-1-2-9(8(12)3-6)15-10-14-5-7(4-13)16-10/h1-3,7H,4-5H2,(H,14,15)/t7-/m0/s1. The number of nitrogens with zero attached hydrogens (tertiary/aromatic N) is 1. The van der Waals surface area contributed by atoms with Crippen molar-refractivity contribution in [1.82, 2.24) is 0 Å². The Hall–Kier alpha value is -0.370. The van der Waals surface area contributed by atoms with Crippen molar-refractivity contribution >= 4 is 45.2 Å². The van der Waals surface area contributed by atoms with Gasteiger partial charge in [-0.25, -0.2) is 8.78 Å². The molecule has 2 nitrogen and oxygen atoms in total. The fourth-order valence-corrected chi connectivity index (χ4v) is 2.94. The van der Waals surface area contributed by atoms with E-state index in [1.807, 2.05) is 0 Å². The molecule has 0 bridgehead atoms. The molecule has 0 saturated carbocycles. The summed E-state index contributed by atoms with van der Waals surface area (Å²) in [6, 6.07) is 3.46. The first-order valence-electron chi connectivity index (χ1n) is 4.68. The Morgan fingerprint density at radius 2 is 2.31 bits per heavy atom. The third-order valence-corrected chi connectivity index (χ3v) is 4.83. The van der Waals surface area contributed by atoms with E-state index in [0.29, 0.717) is 10.4 Å². The summed E-state index contributed by atoms with van der Waals surface area (Å²) in [5.74, 6) is -1.17. The molecule has 1 N–H and O–H groups in total. The largest absolute Gasteiger partial charge is 0.333 e. The lowest BCUT2D eigenvalue weighted by molar-refractivity contribution is 0.586. The molecule has 1 aromatic carbocycles. The van der Waals surface area contributed by atoms with Gasteiger partial charge in [0, 0.05) is 15.7 Å². The maximum absolute atomic E-state index is 13.3. The zero-order valence-corrected chi connectivity index (χ0v) is 11.2. The number of alkyl halides is 1. The topological polar surface area (TPSA) is 24.4 Å². The van der Waals surface area contributed by atoms with E-state index >= 15 is 0 Å². The molecule has 1 aliphatic rings. The molecule has 0 aliphatic carbocycles. The Kier molecular flexibility index (Phi) is 4.01. The van der Waals surface area contributed by atoms with E-state index in [9.17, 15) is 8.78 Å². The zero-order valence-electron chi connectivity index (χ0n) is 8.21. The van der Waals surface area contributed by atoms with Gasteiger partial charge in [-0.2, -0.15) is 0 Å². The van der Waals surface area contributed by atoms with Gasteiger partial charge in [0.2, 0.25) is 0 Å². The van der Waals surface area contributed by atoms with Gasteiger partial charge >= 0.3 is 0 Å². The molecule has 0 unspecified atom stereocenters. The van der Waals surface area contributed by atoms with Crippen LogP contribution in [0.5, 0.6) is 0 Å². The lowest BCUT2D eigenvalue weighted by Gasteiger charge is -2.07. The van der Waals surface area contributed by atoms with Gasteiger partial charge in [0.25, 0.3) is 0 Å². The molecule has 86 valence electrons. The second-order valence-electron chi connectivity index (χ2n) is 3.29. The number of anilines is 1. The van der Waals surface area contributed by atoms with E-state index in [1.54, 1.807) is 11.8 Å². The van der Waals surface area contributed by atoms with Crippen LogP contribution in [0.3, 0.4) is 0 Å². The van der Waals surface area contributed by atoms with Crippen LogP contribution < -0.4 is 5.32 Å². The maximum atomic E-state index is 13.3. The molecule has 1 aliphatic heterocycles. The molecule has 0 saturated heterocycles. The van der Waals surface area contributed by atoms with Gasteiger partial charge in [-0.05, 0) is 12.1 Å². The summed E-state index contributed by atoms with van der Waals surface area (Å²) in [7, 11) is 0. The minimum absolute atomic E-state index is 0.266. The molecule has 16 heavy (non-hydrogen) atoms. The molecular weight excluding hydrogens is 345 g/mol. The van der Waals surface area contributed by atoms with Gasteiger partial charge in [0.05, 0.1) is 12.2 Å². The molecule has 6 heteroatoms. The number of aliphatic imine (C=N–C) groups is 1. The van der Waals surface area contributed by atoms with E-state index in [4.69, 9.17) is 0 Å². The lowest BCUT2D eigenvalue weighted by atomic mass is 10.3. The van der Waals surface area contributed by atoms with Gasteiger partial charge in [-0.3, -0.25) is 4.99 Å². The summed E-state index contributed by atoms with van der Waals surface area (Å²) >= 11 is 3.89. The van der Waals surface area contributed by atoms with Crippen LogP contribution >= 0.6 is 34.4 Å². The Balaban J connectivity index is 2.05. The average molecular weight is 354 g/mol. The summed E-state index contributed by atoms with van der Waals surface area (Å²) in [4.78, 5) is 4.25. The van der Waals surface area contributed by atoms with Crippen molar-refractivity contribution in [2.24, 2.45) is 4.99 Å². The number of hydrogen-bond donors (Lipinski definition) is 1. The third-order valence-electron chi connectivity index (χ3n) is 2.06. The van der Waals surface area contributed by atoms with E-state index in [1.165, 1.54) is 12.1 Å². The SMILES string of the molecule is Fc1ccc(NC2=NC[C@H](CI)S2)c(F)c1. The minimum atomic E-state index is -0.596. The van der Waals surface area contributed by atoms with Crippen molar-refractivity contribution in [2.45, 2.75) is 5.25 Å². The number of benzene rings is 1. The first-order chi connectivity index (χ1) is 7.69. The Morgan fingerprint density at radius 3 is 2.94 bits per heavy atom. The molecule has 2 rings (SSSR count). The van der Waals surface area contributed by atoms with Crippen LogP contribution in [-0.2, 0) is 0 Å². The lowest BCUT2D eigenvalue weighted by Crippen LogP contribution is -2.09. The number of nitrogens with one attached hydrogen (secondary N) is 1. The van der Waals surface area contributed by atoms with Crippen molar-refractivity contribution in [3.63, 3.8) is 0 Å². The third kappa shape index (κ3) is 2.85. The van der Waals surface area contributed by atoms with Crippen LogP contribution in [0.25, 0.3) is 0 Å². The van der Waals surface area contributed by atoms with E-state index in [-0.39, 0.29) is 5.69 Å². The first-order valence-corrected chi connectivity index (χ1v) is 7.08. The van der Waals surface area contributed by atoms with Crippen LogP contribution in [0.4, 0.5) is 14.5 Å². The molecule has 0 amide bonds. The second-order valence-corrected chi connectivity index (χ2v) is 5.46. The quantitative estimate of drug-likeness (QED) is 0.651. The van der Waals surface area contributed by atoms with Crippen molar-refractivity contribution in [2.75, 3.05) is 16.3 Å². The zero-order chi connectivity index (χ0) is 11.5. The number of thioether (sulfide) groups is 1. The van der Waals surface area contributed by atoms with Crippen LogP contribution in [-0.4, -0.2) is 21.4 Å². The Morgan fingerprint density at radius 1 is 1.50 bits per heavy atom. The highest BCUT2D eigenvalue weighted by molar-refractivity contribution is 14.1. The Bertz CT molecular complexity index is 425. The highest BCUT2D eigenvalue weighted by Gasteiger charge is 2.19.